The van der Waals surface area contributed by atoms with E-state index in [-0.39, 0.29) is 85.4 Å². The standard InChI is InChI=1S/C59H58F2N7O12PS/c60-59(61,81(78,79)80)39-17-21-48-38(28-39)30-49(82-48)55(74)64-44-18-16-36-13-6-14-37-29-46(68(52(36)37)58(44)77)54(73)63-43(19-22-50(62)70)47(69)31-41(34-9-2-1-3-10-34)56(75)66-26-24-33(25-27-66)8-4-5-11-35-12-7-15-40-42(35)32-67(57(40)76)45-20-23-51(71)65-53(45)72/h1-3,6-7,9-10,12-15,17,21,28,30,33,41,43-46H,4,8,16,18-20,22-27,29,31-32H2,(H2,62,70)(H,63,73)(H,64,74)(H,65,71,72)(H2,78,79,80)/t41-,43-,44-,45?,46-/m0/s1. The zero-order valence-electron chi connectivity index (χ0n) is 44.2. The average molecular weight is 1160 g/mol. The largest absolute Gasteiger partial charge is 0.399 e. The summed E-state index contributed by atoms with van der Waals surface area (Å²) in [6.07, 6.45) is 2.76. The van der Waals surface area contributed by atoms with Gasteiger partial charge in [-0.05, 0) is 109 Å². The lowest BCUT2D eigenvalue weighted by molar-refractivity contribution is -0.137. The van der Waals surface area contributed by atoms with Gasteiger partial charge in [0.2, 0.25) is 35.4 Å². The van der Waals surface area contributed by atoms with Crippen LogP contribution in [-0.4, -0.2) is 110 Å². The number of fused-ring (bicyclic) bond motifs is 2. The number of hydrogen-bond acceptors (Lipinski definition) is 11. The SMILES string of the molecule is NC(=O)CC[C@H](NC(=O)[C@@H]1Cc2cccc3c2N1C(=O)[C@@H](NC(=O)c1cc2cc(C(F)(F)P(=O)(O)O)ccc2s1)CC3)C(=O)C[C@H](C(=O)N1CCC(CCC#Cc2cccc3c2CN(C2CCC(=O)NC2=O)C3=O)CC1)c1ccccc1. The number of hydrogen-bond donors (Lipinski definition) is 6. The number of benzene rings is 4. The van der Waals surface area contributed by atoms with Crippen molar-refractivity contribution in [3.8, 4) is 11.8 Å². The Morgan fingerprint density at radius 1 is 0.890 bits per heavy atom. The summed E-state index contributed by atoms with van der Waals surface area (Å²) >= 11 is 0.920. The molecule has 6 heterocycles. The fourth-order valence-corrected chi connectivity index (χ4v) is 13.2. The summed E-state index contributed by atoms with van der Waals surface area (Å²) in [7, 11) is -5.87. The number of likely N-dealkylation sites (tertiary alicyclic amines) is 1. The highest BCUT2D eigenvalue weighted by molar-refractivity contribution is 7.52. The van der Waals surface area contributed by atoms with Crippen LogP contribution in [0.4, 0.5) is 14.5 Å². The molecule has 0 radical (unpaired) electrons. The zero-order chi connectivity index (χ0) is 58.2. The van der Waals surface area contributed by atoms with Crippen LogP contribution < -0.4 is 26.6 Å². The number of aryl methyl sites for hydroxylation is 1. The van der Waals surface area contributed by atoms with Crippen LogP contribution in [0, 0.1) is 17.8 Å². The molecule has 8 amide bonds. The minimum absolute atomic E-state index is 0.0285. The van der Waals surface area contributed by atoms with Crippen molar-refractivity contribution >= 4 is 87.7 Å². The molecule has 1 unspecified atom stereocenters. The minimum atomic E-state index is -5.87. The van der Waals surface area contributed by atoms with Gasteiger partial charge in [-0.2, -0.15) is 8.78 Å². The summed E-state index contributed by atoms with van der Waals surface area (Å²) in [6, 6.07) is 19.4. The summed E-state index contributed by atoms with van der Waals surface area (Å²) < 4.78 is 41.1. The number of nitrogens with one attached hydrogen (secondary N) is 3. The summed E-state index contributed by atoms with van der Waals surface area (Å²) in [5, 5.41) is 8.00. The molecule has 7 N–H and O–H groups in total. The Morgan fingerprint density at radius 2 is 1.63 bits per heavy atom. The van der Waals surface area contributed by atoms with Gasteiger partial charge in [-0.3, -0.25) is 57.9 Å². The van der Waals surface area contributed by atoms with Crippen LogP contribution in [0.1, 0.15) is 124 Å². The smallest absolute Gasteiger partial charge is 0.370 e. The number of thiophene rings is 1. The van der Waals surface area contributed by atoms with E-state index in [0.29, 0.717) is 71.4 Å². The molecule has 0 saturated carbocycles. The third-order valence-electron chi connectivity index (χ3n) is 16.2. The van der Waals surface area contributed by atoms with Crippen LogP contribution in [0.3, 0.4) is 0 Å². The van der Waals surface area contributed by atoms with E-state index in [1.165, 1.54) is 21.9 Å². The summed E-state index contributed by atoms with van der Waals surface area (Å²) in [5.41, 5.74) is 4.57. The van der Waals surface area contributed by atoms with Gasteiger partial charge in [-0.1, -0.05) is 72.5 Å². The van der Waals surface area contributed by atoms with Crippen LogP contribution in [0.15, 0.2) is 91.0 Å². The lowest BCUT2D eigenvalue weighted by Gasteiger charge is -2.34. The molecule has 4 aromatic carbocycles. The Bertz CT molecular complexity index is 3570. The van der Waals surface area contributed by atoms with Gasteiger partial charge in [0, 0.05) is 73.1 Å². The second-order valence-electron chi connectivity index (χ2n) is 21.4. The van der Waals surface area contributed by atoms with E-state index >= 15 is 0 Å². The third-order valence-corrected chi connectivity index (χ3v) is 18.3. The number of halogens is 2. The number of nitrogens with two attached hydrogens (primary N) is 1. The highest BCUT2D eigenvalue weighted by atomic mass is 32.1. The zero-order valence-corrected chi connectivity index (χ0v) is 45.9. The number of anilines is 1. The lowest BCUT2D eigenvalue weighted by Crippen LogP contribution is -2.56. The average Bonchev–Trinajstić information content (AvgIpc) is 4.07. The number of nitrogens with zero attached hydrogens (tertiary/aromatic N) is 3. The number of primary amides is 1. The second-order valence-corrected chi connectivity index (χ2v) is 24.1. The lowest BCUT2D eigenvalue weighted by atomic mass is 9.87. The maximum atomic E-state index is 14.7. The summed E-state index contributed by atoms with van der Waals surface area (Å²) in [5.74, 6) is 1.06. The first-order valence-electron chi connectivity index (χ1n) is 27.1. The van der Waals surface area contributed by atoms with Crippen molar-refractivity contribution in [2.75, 3.05) is 18.0 Å². The minimum Gasteiger partial charge on any atom is -0.370 e. The monoisotopic (exact) mass is 1160 g/mol. The number of rotatable bonds is 17. The Morgan fingerprint density at radius 3 is 2.37 bits per heavy atom. The normalized spacial score (nSPS) is 19.8. The van der Waals surface area contributed by atoms with Gasteiger partial charge in [0.1, 0.15) is 18.1 Å². The van der Waals surface area contributed by atoms with Crippen LogP contribution in [0.5, 0.6) is 0 Å². The second kappa shape index (κ2) is 23.5. The molecular weight excluding hydrogens is 1100 g/mol. The Labute approximate surface area is 473 Å². The quantitative estimate of drug-likeness (QED) is 0.0385. The van der Waals surface area contributed by atoms with Gasteiger partial charge in [-0.15, -0.1) is 11.3 Å². The van der Waals surface area contributed by atoms with Crippen LogP contribution in [0.25, 0.3) is 10.1 Å². The first-order chi connectivity index (χ1) is 39.2. The molecule has 426 valence electrons. The van der Waals surface area contributed by atoms with Crippen LogP contribution in [0.2, 0.25) is 0 Å². The highest BCUT2D eigenvalue weighted by Gasteiger charge is 2.51. The van der Waals surface area contributed by atoms with Gasteiger partial charge >= 0.3 is 13.3 Å². The predicted molar refractivity (Wildman–Crippen MR) is 296 cm³/mol. The molecule has 82 heavy (non-hydrogen) atoms. The van der Waals surface area contributed by atoms with E-state index in [2.05, 4.69) is 27.8 Å². The molecule has 19 nitrogen and oxygen atoms in total. The maximum absolute atomic E-state index is 14.7. The molecule has 5 aliphatic rings. The molecule has 1 aromatic heterocycles. The Balaban J connectivity index is 0.788. The first kappa shape index (κ1) is 57.3. The van der Waals surface area contributed by atoms with Gasteiger partial charge in [0.05, 0.1) is 22.5 Å². The molecule has 23 heteroatoms. The highest BCUT2D eigenvalue weighted by Crippen LogP contribution is 2.59. The molecule has 2 fully saturated rings. The predicted octanol–water partition coefficient (Wildman–Crippen LogP) is 5.46. The van der Waals surface area contributed by atoms with Gasteiger partial charge < -0.3 is 36.0 Å². The Hall–Kier alpha value is -7.96. The van der Waals surface area contributed by atoms with Crippen molar-refractivity contribution in [1.29, 1.82) is 0 Å². The molecule has 0 spiro atoms. The summed E-state index contributed by atoms with van der Waals surface area (Å²) in [4.78, 5) is 145. The molecule has 5 aromatic rings. The van der Waals surface area contributed by atoms with E-state index < -0.39 is 84.2 Å². The van der Waals surface area contributed by atoms with E-state index in [0.717, 1.165) is 41.0 Å². The van der Waals surface area contributed by atoms with E-state index in [1.54, 1.807) is 59.5 Å². The number of carbonyl (C=O) groups is 9. The molecule has 2 saturated heterocycles. The van der Waals surface area contributed by atoms with Crippen molar-refractivity contribution in [3.05, 3.63) is 135 Å². The van der Waals surface area contributed by atoms with Crippen molar-refractivity contribution in [2.24, 2.45) is 11.7 Å². The van der Waals surface area contributed by atoms with Gasteiger partial charge in [0.15, 0.2) is 5.78 Å². The number of Topliss-reactive ketones (excluding diaryl/α,β-unsaturated/α-hetero) is 1. The Kier molecular flexibility index (Phi) is 16.4. The fourth-order valence-electron chi connectivity index (χ4n) is 11.8. The van der Waals surface area contributed by atoms with Crippen molar-refractivity contribution < 1.29 is 66.3 Å². The number of amides is 8. The summed E-state index contributed by atoms with van der Waals surface area (Å²) in [6.45, 7) is 1.06. The molecular formula is C59H58F2N7O12PS. The number of carbonyl (C=O) groups excluding carboxylic acids is 9. The number of para-hydroxylation sites is 1. The van der Waals surface area contributed by atoms with E-state index in [4.69, 9.17) is 5.73 Å². The fraction of sp³-hybridized carbons (Fsp3) is 0.373. The number of alkyl halides is 2. The molecule has 0 bridgehead atoms. The van der Waals surface area contributed by atoms with Crippen molar-refractivity contribution in [1.82, 2.24) is 25.8 Å². The number of piperidine rings is 2. The van der Waals surface area contributed by atoms with Gasteiger partial charge in [-0.25, -0.2) is 0 Å². The van der Waals surface area contributed by atoms with E-state index in [9.17, 15) is 66.3 Å². The molecule has 5 atom stereocenters. The van der Waals surface area contributed by atoms with Gasteiger partial charge in [0.25, 0.3) is 11.8 Å². The van der Waals surface area contributed by atoms with Crippen molar-refractivity contribution in [2.45, 2.75) is 119 Å². The third kappa shape index (κ3) is 11.7. The first-order valence-corrected chi connectivity index (χ1v) is 29.5. The van der Waals surface area contributed by atoms with Crippen LogP contribution in [-0.2, 0) is 63.2 Å². The molecule has 10 rings (SSSR count). The maximum Gasteiger partial charge on any atom is 0.399 e. The number of ketones is 1. The van der Waals surface area contributed by atoms with Crippen LogP contribution >= 0.6 is 18.9 Å². The molecule has 0 aliphatic carbocycles. The van der Waals surface area contributed by atoms with Crippen molar-refractivity contribution in [3.63, 3.8) is 0 Å². The number of imide groups is 1. The topological polar surface area (TPSA) is 283 Å². The van der Waals surface area contributed by atoms with E-state index in [1.807, 2.05) is 12.1 Å². The molecule has 5 aliphatic heterocycles.